The molecule has 24 heavy (non-hydrogen) atoms. The first-order valence-electron chi connectivity index (χ1n) is 8.26. The minimum absolute atomic E-state index is 0.0695. The third kappa shape index (κ3) is 4.28. The highest BCUT2D eigenvalue weighted by Crippen LogP contribution is 2.38. The maximum atomic E-state index is 13.0. The summed E-state index contributed by atoms with van der Waals surface area (Å²) in [6, 6.07) is 7.37. The van der Waals surface area contributed by atoms with E-state index < -0.39 is 11.9 Å². The van der Waals surface area contributed by atoms with Crippen molar-refractivity contribution in [2.24, 2.45) is 5.92 Å². The lowest BCUT2D eigenvalue weighted by molar-refractivity contribution is -0.152. The van der Waals surface area contributed by atoms with Crippen molar-refractivity contribution >= 4 is 23.5 Å². The molecule has 0 spiro atoms. The van der Waals surface area contributed by atoms with Gasteiger partial charge in [0.15, 0.2) is 0 Å². The maximum absolute atomic E-state index is 13.0. The number of halogens is 1. The monoisotopic (exact) mass is 353 g/mol. The zero-order valence-electron chi connectivity index (χ0n) is 14.1. The quantitative estimate of drug-likeness (QED) is 0.814. The summed E-state index contributed by atoms with van der Waals surface area (Å²) in [6.45, 7) is 2.45. The molecule has 0 bridgehead atoms. The highest BCUT2D eigenvalue weighted by atomic mass is 35.5. The van der Waals surface area contributed by atoms with E-state index in [4.69, 9.17) is 21.4 Å². The molecule has 0 aromatic heterocycles. The zero-order chi connectivity index (χ0) is 17.7. The summed E-state index contributed by atoms with van der Waals surface area (Å²) in [5.74, 6) is -1.48. The van der Waals surface area contributed by atoms with Crippen LogP contribution in [-0.4, -0.2) is 41.6 Å². The Morgan fingerprint density at radius 3 is 2.58 bits per heavy atom. The van der Waals surface area contributed by atoms with Crippen molar-refractivity contribution in [3.63, 3.8) is 0 Å². The topological polar surface area (TPSA) is 66.8 Å². The summed E-state index contributed by atoms with van der Waals surface area (Å²) >= 11 is 5.97. The van der Waals surface area contributed by atoms with Gasteiger partial charge in [-0.3, -0.25) is 9.59 Å². The number of carboxylic acid groups (broad SMARTS) is 1. The highest BCUT2D eigenvalue weighted by molar-refractivity contribution is 6.30. The molecular weight excluding hydrogens is 330 g/mol. The average Bonchev–Trinajstić information content (AvgIpc) is 2.55. The SMILES string of the molecule is CCC(COC)N1C(=O)C(CC(=O)O)CCC1c1ccc(Cl)cc1. The van der Waals surface area contributed by atoms with Crippen molar-refractivity contribution in [3.05, 3.63) is 34.9 Å². The predicted molar refractivity (Wildman–Crippen MR) is 92.0 cm³/mol. The van der Waals surface area contributed by atoms with E-state index in [0.717, 1.165) is 18.4 Å². The molecule has 1 fully saturated rings. The molecule has 132 valence electrons. The van der Waals surface area contributed by atoms with Crippen molar-refractivity contribution in [3.8, 4) is 0 Å². The van der Waals surface area contributed by atoms with E-state index >= 15 is 0 Å². The number of carbonyl (C=O) groups is 2. The number of hydrogen-bond donors (Lipinski definition) is 1. The van der Waals surface area contributed by atoms with Crippen LogP contribution in [-0.2, 0) is 14.3 Å². The molecule has 1 aliphatic rings. The van der Waals surface area contributed by atoms with Crippen molar-refractivity contribution in [1.82, 2.24) is 4.90 Å². The molecule has 3 unspecified atom stereocenters. The number of carbonyl (C=O) groups excluding carboxylic acids is 1. The van der Waals surface area contributed by atoms with E-state index in [2.05, 4.69) is 0 Å². The molecule has 1 saturated heterocycles. The van der Waals surface area contributed by atoms with Gasteiger partial charge in [-0.1, -0.05) is 30.7 Å². The third-order valence-corrected chi connectivity index (χ3v) is 4.88. The van der Waals surface area contributed by atoms with Crippen LogP contribution >= 0.6 is 11.6 Å². The number of rotatable bonds is 7. The second kappa shape index (κ2) is 8.49. The Hall–Kier alpha value is -1.59. The van der Waals surface area contributed by atoms with Gasteiger partial charge in [-0.25, -0.2) is 0 Å². The van der Waals surface area contributed by atoms with Gasteiger partial charge in [0.2, 0.25) is 5.91 Å². The van der Waals surface area contributed by atoms with Crippen molar-refractivity contribution in [2.45, 2.75) is 44.7 Å². The van der Waals surface area contributed by atoms with Gasteiger partial charge < -0.3 is 14.7 Å². The molecule has 1 heterocycles. The van der Waals surface area contributed by atoms with E-state index in [-0.39, 0.29) is 24.4 Å². The summed E-state index contributed by atoms with van der Waals surface area (Å²) in [5, 5.41) is 9.73. The molecule has 1 aromatic rings. The van der Waals surface area contributed by atoms with Gasteiger partial charge in [0.1, 0.15) is 0 Å². The largest absolute Gasteiger partial charge is 0.481 e. The number of piperidine rings is 1. The average molecular weight is 354 g/mol. The molecular formula is C18H24ClNO4. The predicted octanol–water partition coefficient (Wildman–Crippen LogP) is 3.52. The number of ether oxygens (including phenoxy) is 1. The summed E-state index contributed by atoms with van der Waals surface area (Å²) < 4.78 is 5.28. The van der Waals surface area contributed by atoms with Crippen LogP contribution in [0.2, 0.25) is 5.02 Å². The second-order valence-corrected chi connectivity index (χ2v) is 6.64. The molecule has 0 radical (unpaired) electrons. The van der Waals surface area contributed by atoms with Crippen LogP contribution < -0.4 is 0 Å². The van der Waals surface area contributed by atoms with Crippen LogP contribution in [0.3, 0.4) is 0 Å². The Kier molecular flexibility index (Phi) is 6.63. The van der Waals surface area contributed by atoms with Crippen LogP contribution in [0, 0.1) is 5.92 Å². The van der Waals surface area contributed by atoms with Crippen LogP contribution in [0.5, 0.6) is 0 Å². The molecule has 2 rings (SSSR count). The van der Waals surface area contributed by atoms with Gasteiger partial charge in [-0.05, 0) is 37.0 Å². The minimum atomic E-state index is -0.932. The zero-order valence-corrected chi connectivity index (χ0v) is 14.8. The van der Waals surface area contributed by atoms with E-state index in [0.29, 0.717) is 18.1 Å². The molecule has 0 saturated carbocycles. The maximum Gasteiger partial charge on any atom is 0.304 e. The molecule has 0 aliphatic carbocycles. The Morgan fingerprint density at radius 2 is 2.04 bits per heavy atom. The number of hydrogen-bond acceptors (Lipinski definition) is 3. The number of carboxylic acids is 1. The van der Waals surface area contributed by atoms with Gasteiger partial charge in [0.05, 0.1) is 25.1 Å². The van der Waals surface area contributed by atoms with Crippen LogP contribution in [0.4, 0.5) is 0 Å². The number of likely N-dealkylation sites (tertiary alicyclic amines) is 1. The molecule has 1 N–H and O–H groups in total. The molecule has 1 aliphatic heterocycles. The lowest BCUT2D eigenvalue weighted by Gasteiger charge is -2.43. The summed E-state index contributed by atoms with van der Waals surface area (Å²) in [7, 11) is 1.61. The smallest absolute Gasteiger partial charge is 0.304 e. The number of aliphatic carboxylic acids is 1. The van der Waals surface area contributed by atoms with Crippen molar-refractivity contribution in [1.29, 1.82) is 0 Å². The molecule has 5 nitrogen and oxygen atoms in total. The Labute approximate surface area is 147 Å². The summed E-state index contributed by atoms with van der Waals surface area (Å²) in [4.78, 5) is 25.9. The summed E-state index contributed by atoms with van der Waals surface area (Å²) in [6.07, 6.45) is 1.96. The second-order valence-electron chi connectivity index (χ2n) is 6.20. The van der Waals surface area contributed by atoms with Crippen molar-refractivity contribution in [2.75, 3.05) is 13.7 Å². The first kappa shape index (κ1) is 18.7. The van der Waals surface area contributed by atoms with Crippen molar-refractivity contribution < 1.29 is 19.4 Å². The fourth-order valence-corrected chi connectivity index (χ4v) is 3.55. The van der Waals surface area contributed by atoms with Crippen LogP contribution in [0.25, 0.3) is 0 Å². The first-order chi connectivity index (χ1) is 11.5. The Bertz CT molecular complexity index is 575. The van der Waals surface area contributed by atoms with E-state index in [9.17, 15) is 9.59 Å². The van der Waals surface area contributed by atoms with Crippen LogP contribution in [0.1, 0.15) is 44.2 Å². The number of amides is 1. The molecule has 6 heteroatoms. The van der Waals surface area contributed by atoms with Gasteiger partial charge in [-0.2, -0.15) is 0 Å². The molecule has 1 amide bonds. The Morgan fingerprint density at radius 1 is 1.38 bits per heavy atom. The van der Waals surface area contributed by atoms with Gasteiger partial charge in [0, 0.05) is 18.1 Å². The number of benzene rings is 1. The van der Waals surface area contributed by atoms with E-state index in [1.165, 1.54) is 0 Å². The molecule has 1 aromatic carbocycles. The first-order valence-corrected chi connectivity index (χ1v) is 8.64. The molecule has 3 atom stereocenters. The van der Waals surface area contributed by atoms with Gasteiger partial charge in [-0.15, -0.1) is 0 Å². The number of methoxy groups -OCH3 is 1. The van der Waals surface area contributed by atoms with Crippen LogP contribution in [0.15, 0.2) is 24.3 Å². The highest BCUT2D eigenvalue weighted by Gasteiger charge is 2.40. The van der Waals surface area contributed by atoms with Gasteiger partial charge in [0.25, 0.3) is 0 Å². The lowest BCUT2D eigenvalue weighted by atomic mass is 9.85. The fraction of sp³-hybridized carbons (Fsp3) is 0.556. The standard InChI is InChI=1S/C18H24ClNO4/c1-3-15(11-24-2)20-16(12-4-7-14(19)8-5-12)9-6-13(18(20)23)10-17(21)22/h4-5,7-8,13,15-16H,3,6,9-11H2,1-2H3,(H,21,22). The fourth-order valence-electron chi connectivity index (χ4n) is 3.42. The van der Waals surface area contributed by atoms with E-state index in [1.54, 1.807) is 7.11 Å². The number of nitrogens with zero attached hydrogens (tertiary/aromatic N) is 1. The third-order valence-electron chi connectivity index (χ3n) is 4.63. The minimum Gasteiger partial charge on any atom is -0.481 e. The summed E-state index contributed by atoms with van der Waals surface area (Å²) in [5.41, 5.74) is 1.02. The lowest BCUT2D eigenvalue weighted by Crippen LogP contribution is -2.50. The van der Waals surface area contributed by atoms with Gasteiger partial charge >= 0.3 is 5.97 Å². The van der Waals surface area contributed by atoms with E-state index in [1.807, 2.05) is 36.1 Å². The normalized spacial score (nSPS) is 22.5. The Balaban J connectivity index is 2.32.